The molecule has 0 spiro atoms. The molecule has 4 rings (SSSR count). The van der Waals surface area contributed by atoms with Gasteiger partial charge in [-0.3, -0.25) is 9.69 Å². The molecule has 3 aromatic rings. The molecular formula is C31H42N4O2. The highest BCUT2D eigenvalue weighted by Crippen LogP contribution is 2.28. The van der Waals surface area contributed by atoms with Crippen LogP contribution in [0.25, 0.3) is 11.4 Å². The van der Waals surface area contributed by atoms with E-state index in [0.717, 1.165) is 24.9 Å². The Bertz CT molecular complexity index is 1210. The number of piperidine rings is 1. The minimum atomic E-state index is -0.0481. The predicted molar refractivity (Wildman–Crippen MR) is 148 cm³/mol. The molecule has 0 saturated carbocycles. The number of hydrogen-bond acceptors (Lipinski definition) is 5. The van der Waals surface area contributed by atoms with Crippen LogP contribution in [0.2, 0.25) is 0 Å². The van der Waals surface area contributed by atoms with Crippen LogP contribution in [0.15, 0.2) is 47.0 Å². The van der Waals surface area contributed by atoms with E-state index in [4.69, 9.17) is 4.52 Å². The highest BCUT2D eigenvalue weighted by Gasteiger charge is 2.30. The van der Waals surface area contributed by atoms with Crippen molar-refractivity contribution in [3.05, 3.63) is 70.6 Å². The molecule has 1 aliphatic rings. The number of nitrogens with zero attached hydrogens (tertiary/aromatic N) is 3. The molecule has 6 heteroatoms. The van der Waals surface area contributed by atoms with Crippen molar-refractivity contribution in [2.75, 3.05) is 13.1 Å². The lowest BCUT2D eigenvalue weighted by molar-refractivity contribution is -0.128. The lowest BCUT2D eigenvalue weighted by atomic mass is 9.87. The second-order valence-electron chi connectivity index (χ2n) is 12.0. The summed E-state index contributed by atoms with van der Waals surface area (Å²) in [5, 5.41) is 7.58. The molecular weight excluding hydrogens is 460 g/mol. The second-order valence-corrected chi connectivity index (χ2v) is 12.0. The molecule has 0 bridgehead atoms. The number of nitrogens with one attached hydrogen (secondary N) is 1. The summed E-state index contributed by atoms with van der Waals surface area (Å²) in [6, 6.07) is 14.8. The van der Waals surface area contributed by atoms with Gasteiger partial charge in [0, 0.05) is 12.1 Å². The molecule has 2 unspecified atom stereocenters. The molecule has 2 atom stereocenters. The van der Waals surface area contributed by atoms with Crippen LogP contribution >= 0.6 is 0 Å². The Hall–Kier alpha value is -2.99. The minimum absolute atomic E-state index is 0.00615. The number of hydrogen-bond donors (Lipinski definition) is 1. The van der Waals surface area contributed by atoms with Crippen molar-refractivity contribution in [2.24, 2.45) is 11.8 Å². The molecule has 2 heterocycles. The zero-order valence-corrected chi connectivity index (χ0v) is 23.5. The molecule has 1 saturated heterocycles. The van der Waals surface area contributed by atoms with Crippen LogP contribution in [-0.4, -0.2) is 34.0 Å². The molecule has 198 valence electrons. The molecule has 1 amide bonds. The van der Waals surface area contributed by atoms with E-state index in [0.29, 0.717) is 30.7 Å². The van der Waals surface area contributed by atoms with Gasteiger partial charge in [0.15, 0.2) is 0 Å². The summed E-state index contributed by atoms with van der Waals surface area (Å²) in [4.78, 5) is 20.3. The van der Waals surface area contributed by atoms with Gasteiger partial charge >= 0.3 is 0 Å². The molecule has 1 aromatic heterocycles. The van der Waals surface area contributed by atoms with Gasteiger partial charge in [-0.1, -0.05) is 87.8 Å². The largest absolute Gasteiger partial charge is 0.349 e. The summed E-state index contributed by atoms with van der Waals surface area (Å²) in [6.45, 7) is 17.3. The van der Waals surface area contributed by atoms with Crippen LogP contribution in [0.3, 0.4) is 0 Å². The Balaban J connectivity index is 1.38. The first-order valence-electron chi connectivity index (χ1n) is 13.5. The number of rotatable bonds is 7. The third-order valence-corrected chi connectivity index (χ3v) is 7.44. The number of aromatic nitrogens is 2. The van der Waals surface area contributed by atoms with Gasteiger partial charge in [0.1, 0.15) is 0 Å². The normalized spacial score (nSPS) is 17.7. The average Bonchev–Trinajstić information content (AvgIpc) is 3.31. The van der Waals surface area contributed by atoms with Crippen LogP contribution in [0.1, 0.15) is 81.6 Å². The van der Waals surface area contributed by atoms with E-state index in [1.54, 1.807) is 0 Å². The van der Waals surface area contributed by atoms with E-state index in [1.165, 1.54) is 22.3 Å². The molecule has 37 heavy (non-hydrogen) atoms. The van der Waals surface area contributed by atoms with Crippen molar-refractivity contribution in [3.63, 3.8) is 0 Å². The van der Waals surface area contributed by atoms with Crippen molar-refractivity contribution in [1.29, 1.82) is 0 Å². The Morgan fingerprint density at radius 3 is 2.51 bits per heavy atom. The smallest absolute Gasteiger partial charge is 0.241 e. The third-order valence-electron chi connectivity index (χ3n) is 7.44. The van der Waals surface area contributed by atoms with Crippen molar-refractivity contribution in [1.82, 2.24) is 20.4 Å². The van der Waals surface area contributed by atoms with Crippen LogP contribution in [-0.2, 0) is 16.8 Å². The zero-order chi connectivity index (χ0) is 26.7. The maximum atomic E-state index is 13.4. The van der Waals surface area contributed by atoms with Gasteiger partial charge in [-0.25, -0.2) is 0 Å². The van der Waals surface area contributed by atoms with E-state index < -0.39 is 0 Å². The molecule has 1 aliphatic heterocycles. The van der Waals surface area contributed by atoms with E-state index in [9.17, 15) is 4.79 Å². The van der Waals surface area contributed by atoms with Gasteiger partial charge in [0.2, 0.25) is 17.6 Å². The van der Waals surface area contributed by atoms with Crippen molar-refractivity contribution < 1.29 is 9.32 Å². The highest BCUT2D eigenvalue weighted by atomic mass is 16.5. The molecule has 1 fully saturated rings. The zero-order valence-electron chi connectivity index (χ0n) is 23.5. The van der Waals surface area contributed by atoms with Crippen LogP contribution < -0.4 is 5.32 Å². The fraction of sp³-hybridized carbons (Fsp3) is 0.516. The first-order chi connectivity index (χ1) is 17.5. The van der Waals surface area contributed by atoms with Gasteiger partial charge in [0.25, 0.3) is 0 Å². The van der Waals surface area contributed by atoms with Crippen LogP contribution in [0.4, 0.5) is 0 Å². The Morgan fingerprint density at radius 1 is 1.14 bits per heavy atom. The number of aryl methyl sites for hydroxylation is 2. The van der Waals surface area contributed by atoms with Gasteiger partial charge in [-0.2, -0.15) is 4.98 Å². The highest BCUT2D eigenvalue weighted by molar-refractivity contribution is 5.79. The fourth-order valence-corrected chi connectivity index (χ4v) is 5.21. The summed E-state index contributed by atoms with van der Waals surface area (Å²) in [5.41, 5.74) is 6.00. The second kappa shape index (κ2) is 11.2. The molecule has 0 aliphatic carbocycles. The lowest BCUT2D eigenvalue weighted by Gasteiger charge is -2.33. The standard InChI is InChI=1S/C31H42N4O2/c1-20(2)28(26-15-10-21(3)17-22(26)4)33-30(36)24-9-8-16-35(18-24)19-27-32-29(34-37-27)23-11-13-25(14-12-23)31(5,6)7/h10-15,17,20,24,28H,8-9,16,18-19H2,1-7H3,(H,33,36). The number of benzene rings is 2. The van der Waals surface area contributed by atoms with Crippen molar-refractivity contribution >= 4 is 5.91 Å². The summed E-state index contributed by atoms with van der Waals surface area (Å²) in [7, 11) is 0. The monoisotopic (exact) mass is 502 g/mol. The number of amides is 1. The summed E-state index contributed by atoms with van der Waals surface area (Å²) >= 11 is 0. The Kier molecular flexibility index (Phi) is 8.17. The van der Waals surface area contributed by atoms with Gasteiger partial charge in [0.05, 0.1) is 18.5 Å². The SMILES string of the molecule is Cc1ccc(C(NC(=O)C2CCCN(Cc3nc(-c4ccc(C(C)(C)C)cc4)no3)C2)C(C)C)c(C)c1. The number of likely N-dealkylation sites (tertiary alicyclic amines) is 1. The van der Waals surface area contributed by atoms with E-state index in [1.807, 2.05) is 0 Å². The Labute approximate surface area is 221 Å². The average molecular weight is 503 g/mol. The first kappa shape index (κ1) is 27.1. The Morgan fingerprint density at radius 2 is 1.86 bits per heavy atom. The van der Waals surface area contributed by atoms with Gasteiger partial charge in [-0.05, 0) is 61.3 Å². The van der Waals surface area contributed by atoms with Crippen molar-refractivity contribution in [3.8, 4) is 11.4 Å². The molecule has 0 radical (unpaired) electrons. The van der Waals surface area contributed by atoms with Gasteiger partial charge in [-0.15, -0.1) is 0 Å². The summed E-state index contributed by atoms with van der Waals surface area (Å²) < 4.78 is 5.59. The van der Waals surface area contributed by atoms with Crippen LogP contribution in [0, 0.1) is 25.7 Å². The maximum Gasteiger partial charge on any atom is 0.241 e. The van der Waals surface area contributed by atoms with E-state index in [-0.39, 0.29) is 23.3 Å². The third kappa shape index (κ3) is 6.67. The minimum Gasteiger partial charge on any atom is -0.349 e. The maximum absolute atomic E-state index is 13.4. The molecule has 1 N–H and O–H groups in total. The molecule has 2 aromatic carbocycles. The predicted octanol–water partition coefficient (Wildman–Crippen LogP) is 6.38. The topological polar surface area (TPSA) is 71.3 Å². The van der Waals surface area contributed by atoms with Crippen molar-refractivity contribution in [2.45, 2.75) is 79.3 Å². The summed E-state index contributed by atoms with van der Waals surface area (Å²) in [5.74, 6) is 1.59. The van der Waals surface area contributed by atoms with Crippen LogP contribution in [0.5, 0.6) is 0 Å². The number of carbonyl (C=O) groups is 1. The fourth-order valence-electron chi connectivity index (χ4n) is 5.21. The number of carbonyl (C=O) groups excluding carboxylic acids is 1. The quantitative estimate of drug-likeness (QED) is 0.406. The lowest BCUT2D eigenvalue weighted by Crippen LogP contribution is -2.44. The first-order valence-corrected chi connectivity index (χ1v) is 13.5. The summed E-state index contributed by atoms with van der Waals surface area (Å²) in [6.07, 6.45) is 1.87. The van der Waals surface area contributed by atoms with E-state index in [2.05, 4.69) is 111 Å². The molecule has 6 nitrogen and oxygen atoms in total. The van der Waals surface area contributed by atoms with Gasteiger partial charge < -0.3 is 9.84 Å². The van der Waals surface area contributed by atoms with E-state index >= 15 is 0 Å².